The van der Waals surface area contributed by atoms with Crippen molar-refractivity contribution in [3.63, 3.8) is 0 Å². The topological polar surface area (TPSA) is 20.3 Å². The van der Waals surface area contributed by atoms with Crippen molar-refractivity contribution in [1.29, 1.82) is 0 Å². The molecule has 0 aliphatic carbocycles. The largest absolute Gasteiger partial charge is 0.298 e. The van der Waals surface area contributed by atoms with Crippen LogP contribution in [0.25, 0.3) is 0 Å². The molecule has 1 aliphatic heterocycles. The molecular formula is C9H18BrNO. The van der Waals surface area contributed by atoms with Crippen molar-refractivity contribution >= 4 is 22.8 Å². The molecule has 1 aliphatic rings. The van der Waals surface area contributed by atoms with E-state index >= 15 is 0 Å². The van der Waals surface area contributed by atoms with E-state index in [-0.39, 0.29) is 17.0 Å². The summed E-state index contributed by atoms with van der Waals surface area (Å²) in [6.45, 7) is 5.14. The summed E-state index contributed by atoms with van der Waals surface area (Å²) in [4.78, 5) is 13.3. The maximum absolute atomic E-state index is 11.0. The van der Waals surface area contributed by atoms with E-state index in [0.29, 0.717) is 12.3 Å². The first kappa shape index (κ1) is 12.1. The highest BCUT2D eigenvalue weighted by atomic mass is 79.9. The molecule has 1 saturated heterocycles. The Morgan fingerprint density at radius 2 is 2.25 bits per heavy atom. The second-order valence-electron chi connectivity index (χ2n) is 3.27. The smallest absolute Gasteiger partial charge is 0.146 e. The third-order valence-electron chi connectivity index (χ3n) is 2.16. The van der Waals surface area contributed by atoms with Gasteiger partial charge in [-0.05, 0) is 25.9 Å². The van der Waals surface area contributed by atoms with Gasteiger partial charge in [0.25, 0.3) is 0 Å². The Labute approximate surface area is 85.1 Å². The number of hydrogen-bond acceptors (Lipinski definition) is 2. The van der Waals surface area contributed by atoms with E-state index in [1.54, 1.807) is 0 Å². The van der Waals surface area contributed by atoms with Gasteiger partial charge in [0.1, 0.15) is 5.78 Å². The van der Waals surface area contributed by atoms with Gasteiger partial charge in [-0.15, -0.1) is 17.0 Å². The molecule has 72 valence electrons. The number of hydrogen-bond donors (Lipinski definition) is 0. The summed E-state index contributed by atoms with van der Waals surface area (Å²) in [5.74, 6) is 0.423. The van der Waals surface area contributed by atoms with Gasteiger partial charge in [0.2, 0.25) is 0 Å². The second kappa shape index (κ2) is 6.61. The fraction of sp³-hybridized carbons (Fsp3) is 0.889. The van der Waals surface area contributed by atoms with Gasteiger partial charge in [0, 0.05) is 6.42 Å². The van der Waals surface area contributed by atoms with Crippen LogP contribution in [0.3, 0.4) is 0 Å². The molecule has 0 radical (unpaired) electrons. The van der Waals surface area contributed by atoms with Crippen LogP contribution >= 0.6 is 17.0 Å². The van der Waals surface area contributed by atoms with Crippen molar-refractivity contribution in [2.45, 2.75) is 32.6 Å². The van der Waals surface area contributed by atoms with Crippen LogP contribution in [0.5, 0.6) is 0 Å². The predicted octanol–water partition coefficient (Wildman–Crippen LogP) is 2.03. The zero-order valence-electron chi connectivity index (χ0n) is 7.71. The molecule has 0 N–H and O–H groups in total. The molecule has 1 fully saturated rings. The maximum atomic E-state index is 11.0. The highest BCUT2D eigenvalue weighted by Crippen LogP contribution is 2.06. The van der Waals surface area contributed by atoms with E-state index in [1.807, 2.05) is 0 Å². The fourth-order valence-corrected chi connectivity index (χ4v) is 1.48. The molecule has 0 saturated carbocycles. The lowest BCUT2D eigenvalue weighted by atomic mass is 10.1. The standard InChI is InChI=1S/C9H17NO.BrH/c1-2-3-6-10-7-4-5-9(11)8-10;/h2-8H2,1H3;1H. The van der Waals surface area contributed by atoms with Crippen LogP contribution in [-0.2, 0) is 4.79 Å². The molecule has 2 nitrogen and oxygen atoms in total. The van der Waals surface area contributed by atoms with Crippen LogP contribution in [-0.4, -0.2) is 30.3 Å². The average Bonchev–Trinajstić information content (AvgIpc) is 2.01. The summed E-state index contributed by atoms with van der Waals surface area (Å²) in [5, 5.41) is 0. The summed E-state index contributed by atoms with van der Waals surface area (Å²) in [5.41, 5.74) is 0. The molecule has 0 atom stereocenters. The summed E-state index contributed by atoms with van der Waals surface area (Å²) in [7, 11) is 0. The number of nitrogens with zero attached hydrogens (tertiary/aromatic N) is 1. The summed E-state index contributed by atoms with van der Waals surface area (Å²) >= 11 is 0. The maximum Gasteiger partial charge on any atom is 0.146 e. The Balaban J connectivity index is 0.00000121. The Bertz CT molecular complexity index is 138. The average molecular weight is 236 g/mol. The predicted molar refractivity (Wildman–Crippen MR) is 55.9 cm³/mol. The van der Waals surface area contributed by atoms with Crippen molar-refractivity contribution in [2.75, 3.05) is 19.6 Å². The quantitative estimate of drug-likeness (QED) is 0.747. The molecule has 0 aromatic carbocycles. The van der Waals surface area contributed by atoms with Crippen LogP contribution in [0.1, 0.15) is 32.6 Å². The van der Waals surface area contributed by atoms with Gasteiger partial charge in [-0.2, -0.15) is 0 Å². The van der Waals surface area contributed by atoms with Crippen LogP contribution in [0.4, 0.5) is 0 Å². The van der Waals surface area contributed by atoms with Crippen molar-refractivity contribution in [2.24, 2.45) is 0 Å². The van der Waals surface area contributed by atoms with Gasteiger partial charge in [-0.25, -0.2) is 0 Å². The van der Waals surface area contributed by atoms with Crippen LogP contribution in [0.2, 0.25) is 0 Å². The van der Waals surface area contributed by atoms with Crippen molar-refractivity contribution < 1.29 is 4.79 Å². The molecule has 0 aromatic rings. The minimum absolute atomic E-state index is 0. The first-order valence-corrected chi connectivity index (χ1v) is 4.57. The number of rotatable bonds is 3. The van der Waals surface area contributed by atoms with E-state index in [4.69, 9.17) is 0 Å². The van der Waals surface area contributed by atoms with Gasteiger partial charge in [0.15, 0.2) is 0 Å². The van der Waals surface area contributed by atoms with Crippen molar-refractivity contribution in [3.8, 4) is 0 Å². The Kier molecular flexibility index (Phi) is 6.67. The highest BCUT2D eigenvalue weighted by molar-refractivity contribution is 8.93. The lowest BCUT2D eigenvalue weighted by Gasteiger charge is -2.24. The van der Waals surface area contributed by atoms with Gasteiger partial charge in [-0.1, -0.05) is 13.3 Å². The van der Waals surface area contributed by atoms with E-state index in [1.165, 1.54) is 12.8 Å². The summed E-state index contributed by atoms with van der Waals surface area (Å²) in [6, 6.07) is 0. The van der Waals surface area contributed by atoms with Crippen LogP contribution in [0.15, 0.2) is 0 Å². The number of halogens is 1. The van der Waals surface area contributed by atoms with E-state index in [9.17, 15) is 4.79 Å². The number of likely N-dealkylation sites (tertiary alicyclic amines) is 1. The molecule has 0 aromatic heterocycles. The summed E-state index contributed by atoms with van der Waals surface area (Å²) in [6.07, 6.45) is 4.34. The van der Waals surface area contributed by atoms with Gasteiger partial charge >= 0.3 is 0 Å². The van der Waals surface area contributed by atoms with Gasteiger partial charge in [0.05, 0.1) is 6.54 Å². The number of carbonyl (C=O) groups excluding carboxylic acids is 1. The number of carbonyl (C=O) groups is 1. The molecular weight excluding hydrogens is 218 g/mol. The van der Waals surface area contributed by atoms with Crippen LogP contribution in [0, 0.1) is 0 Å². The van der Waals surface area contributed by atoms with Crippen molar-refractivity contribution in [3.05, 3.63) is 0 Å². The lowest BCUT2D eigenvalue weighted by Crippen LogP contribution is -2.36. The molecule has 12 heavy (non-hydrogen) atoms. The normalized spacial score (nSPS) is 18.9. The third kappa shape index (κ3) is 4.21. The minimum atomic E-state index is 0. The number of ketones is 1. The fourth-order valence-electron chi connectivity index (χ4n) is 1.48. The van der Waals surface area contributed by atoms with Gasteiger partial charge < -0.3 is 0 Å². The number of unbranched alkanes of at least 4 members (excludes halogenated alkanes) is 1. The zero-order chi connectivity index (χ0) is 8.10. The molecule has 1 rings (SSSR count). The first-order valence-electron chi connectivity index (χ1n) is 4.57. The first-order chi connectivity index (χ1) is 5.33. The van der Waals surface area contributed by atoms with Gasteiger partial charge in [-0.3, -0.25) is 9.69 Å². The molecule has 3 heteroatoms. The van der Waals surface area contributed by atoms with Crippen molar-refractivity contribution in [1.82, 2.24) is 4.90 Å². The van der Waals surface area contributed by atoms with Crippen LogP contribution < -0.4 is 0 Å². The monoisotopic (exact) mass is 235 g/mol. The Morgan fingerprint density at radius 3 is 2.83 bits per heavy atom. The molecule has 1 heterocycles. The molecule has 0 bridgehead atoms. The van der Waals surface area contributed by atoms with E-state index in [0.717, 1.165) is 25.9 Å². The number of Topliss-reactive ketones (excluding diaryl/α,β-unsaturated/α-hetero) is 1. The number of piperidine rings is 1. The van der Waals surface area contributed by atoms with E-state index < -0.39 is 0 Å². The molecule has 0 amide bonds. The third-order valence-corrected chi connectivity index (χ3v) is 2.16. The molecule has 0 spiro atoms. The zero-order valence-corrected chi connectivity index (χ0v) is 9.43. The lowest BCUT2D eigenvalue weighted by molar-refractivity contribution is -0.122. The van der Waals surface area contributed by atoms with E-state index in [2.05, 4.69) is 11.8 Å². The minimum Gasteiger partial charge on any atom is -0.298 e. The SMILES string of the molecule is Br.CCCCN1CCCC(=O)C1. The Hall–Kier alpha value is 0.110. The Morgan fingerprint density at radius 1 is 1.50 bits per heavy atom. The molecule has 0 unspecified atom stereocenters. The second-order valence-corrected chi connectivity index (χ2v) is 3.27. The summed E-state index contributed by atoms with van der Waals surface area (Å²) < 4.78 is 0. The highest BCUT2D eigenvalue weighted by Gasteiger charge is 2.15.